The molecule has 3 heteroatoms. The van der Waals surface area contributed by atoms with Gasteiger partial charge >= 0.3 is 0 Å². The molecule has 1 aliphatic rings. The van der Waals surface area contributed by atoms with Gasteiger partial charge in [-0.15, -0.1) is 0 Å². The Hall–Kier alpha value is -1.25. The molecule has 0 unspecified atom stereocenters. The van der Waals surface area contributed by atoms with E-state index in [0.29, 0.717) is 5.56 Å². The van der Waals surface area contributed by atoms with Crippen LogP contribution in [0.3, 0.4) is 0 Å². The van der Waals surface area contributed by atoms with E-state index < -0.39 is 11.6 Å². The zero-order valence-electron chi connectivity index (χ0n) is 12.7. The zero-order chi connectivity index (χ0) is 15.2. The Morgan fingerprint density at radius 3 is 2.52 bits per heavy atom. The molecule has 0 N–H and O–H groups in total. The minimum atomic E-state index is -0.611. The van der Waals surface area contributed by atoms with Gasteiger partial charge in [0.05, 0.1) is 0 Å². The fourth-order valence-corrected chi connectivity index (χ4v) is 3.26. The minimum Gasteiger partial charge on any atom is -0.299 e. The lowest BCUT2D eigenvalue weighted by Gasteiger charge is -2.27. The van der Waals surface area contributed by atoms with Crippen LogP contribution in [0.25, 0.3) is 0 Å². The van der Waals surface area contributed by atoms with Gasteiger partial charge in [0.2, 0.25) is 0 Å². The number of ketones is 1. The quantitative estimate of drug-likeness (QED) is 0.715. The molecule has 1 saturated carbocycles. The van der Waals surface area contributed by atoms with Crippen LogP contribution in [0.4, 0.5) is 8.78 Å². The standard InChI is InChI=1S/C18H24F2O/c1-2-3-4-13-5-7-14(8-6-13)18(21)11-15-9-10-16(19)12-17(15)20/h9-10,12-14H,2-8,11H2,1H3. The minimum absolute atomic E-state index is 0.0623. The first-order chi connectivity index (χ1) is 10.1. The summed E-state index contributed by atoms with van der Waals surface area (Å²) in [6, 6.07) is 3.45. The van der Waals surface area contributed by atoms with Crippen molar-refractivity contribution in [1.29, 1.82) is 0 Å². The Labute approximate surface area is 125 Å². The van der Waals surface area contributed by atoms with E-state index in [1.165, 1.54) is 31.4 Å². The Morgan fingerprint density at radius 2 is 1.90 bits per heavy atom. The van der Waals surface area contributed by atoms with E-state index in [1.807, 2.05) is 0 Å². The average Bonchev–Trinajstić information content (AvgIpc) is 2.48. The van der Waals surface area contributed by atoms with Crippen molar-refractivity contribution in [3.8, 4) is 0 Å². The fourth-order valence-electron chi connectivity index (χ4n) is 3.26. The Bertz CT molecular complexity index is 476. The molecule has 116 valence electrons. The van der Waals surface area contributed by atoms with E-state index >= 15 is 0 Å². The molecule has 1 fully saturated rings. The van der Waals surface area contributed by atoms with Crippen LogP contribution < -0.4 is 0 Å². The predicted octanol–water partition coefficient (Wildman–Crippen LogP) is 5.07. The largest absolute Gasteiger partial charge is 0.299 e. The van der Waals surface area contributed by atoms with Crippen molar-refractivity contribution in [3.05, 3.63) is 35.4 Å². The molecule has 0 saturated heterocycles. The molecule has 0 bridgehead atoms. The van der Waals surface area contributed by atoms with Gasteiger partial charge in [0.1, 0.15) is 17.4 Å². The zero-order valence-corrected chi connectivity index (χ0v) is 12.7. The molecule has 0 atom stereocenters. The maximum absolute atomic E-state index is 13.6. The lowest BCUT2D eigenvalue weighted by Crippen LogP contribution is -2.23. The van der Waals surface area contributed by atoms with Crippen molar-refractivity contribution < 1.29 is 13.6 Å². The number of carbonyl (C=O) groups is 1. The second-order valence-corrected chi connectivity index (χ2v) is 6.24. The van der Waals surface area contributed by atoms with E-state index in [9.17, 15) is 13.6 Å². The number of hydrogen-bond donors (Lipinski definition) is 0. The molecule has 1 nitrogen and oxygen atoms in total. The molecule has 2 rings (SSSR count). The molecule has 1 aliphatic carbocycles. The van der Waals surface area contributed by atoms with Crippen molar-refractivity contribution in [2.75, 3.05) is 0 Å². The van der Waals surface area contributed by atoms with Crippen LogP contribution in [0.15, 0.2) is 18.2 Å². The number of benzene rings is 1. The van der Waals surface area contributed by atoms with Gasteiger partial charge in [0.15, 0.2) is 0 Å². The lowest BCUT2D eigenvalue weighted by atomic mass is 9.77. The molecule has 0 heterocycles. The van der Waals surface area contributed by atoms with Crippen LogP contribution in [0.5, 0.6) is 0 Å². The highest BCUT2D eigenvalue weighted by molar-refractivity contribution is 5.83. The topological polar surface area (TPSA) is 17.1 Å². The van der Waals surface area contributed by atoms with Gasteiger partial charge in [-0.25, -0.2) is 8.78 Å². The molecular formula is C18H24F2O. The third-order valence-electron chi connectivity index (χ3n) is 4.65. The van der Waals surface area contributed by atoms with Gasteiger partial charge in [-0.1, -0.05) is 32.3 Å². The first-order valence-electron chi connectivity index (χ1n) is 8.06. The summed E-state index contributed by atoms with van der Waals surface area (Å²) in [4.78, 5) is 12.3. The third-order valence-corrected chi connectivity index (χ3v) is 4.65. The Balaban J connectivity index is 1.84. The molecule has 0 radical (unpaired) electrons. The summed E-state index contributed by atoms with van der Waals surface area (Å²) < 4.78 is 26.4. The maximum atomic E-state index is 13.6. The number of carbonyl (C=O) groups excluding carboxylic acids is 1. The Kier molecular flexibility index (Phi) is 5.89. The Morgan fingerprint density at radius 1 is 1.19 bits per heavy atom. The molecule has 0 spiro atoms. The van der Waals surface area contributed by atoms with E-state index in [0.717, 1.165) is 37.7 Å². The highest BCUT2D eigenvalue weighted by Crippen LogP contribution is 2.33. The summed E-state index contributed by atoms with van der Waals surface area (Å²) in [5.41, 5.74) is 0.314. The van der Waals surface area contributed by atoms with Crippen LogP contribution in [-0.2, 0) is 11.2 Å². The van der Waals surface area contributed by atoms with E-state index in [-0.39, 0.29) is 18.1 Å². The van der Waals surface area contributed by atoms with Crippen LogP contribution in [0.1, 0.15) is 57.4 Å². The summed E-state index contributed by atoms with van der Waals surface area (Å²) in [5, 5.41) is 0. The van der Waals surface area contributed by atoms with Crippen molar-refractivity contribution in [3.63, 3.8) is 0 Å². The van der Waals surface area contributed by atoms with Crippen molar-refractivity contribution in [2.24, 2.45) is 11.8 Å². The van der Waals surface area contributed by atoms with Crippen LogP contribution >= 0.6 is 0 Å². The summed E-state index contributed by atoms with van der Waals surface area (Å²) in [7, 11) is 0. The molecular weight excluding hydrogens is 270 g/mol. The molecule has 0 aliphatic heterocycles. The molecule has 0 aromatic heterocycles. The smallest absolute Gasteiger partial charge is 0.140 e. The first-order valence-corrected chi connectivity index (χ1v) is 8.06. The summed E-state index contributed by atoms with van der Waals surface area (Å²) in [6.45, 7) is 2.20. The predicted molar refractivity (Wildman–Crippen MR) is 80.0 cm³/mol. The van der Waals surface area contributed by atoms with E-state index in [1.54, 1.807) is 0 Å². The van der Waals surface area contributed by atoms with Gasteiger partial charge in [0, 0.05) is 18.4 Å². The normalized spacial score (nSPS) is 22.2. The van der Waals surface area contributed by atoms with Gasteiger partial charge < -0.3 is 0 Å². The number of unbranched alkanes of at least 4 members (excludes halogenated alkanes) is 1. The summed E-state index contributed by atoms with van der Waals surface area (Å²) >= 11 is 0. The number of halogens is 2. The second-order valence-electron chi connectivity index (χ2n) is 6.24. The monoisotopic (exact) mass is 294 g/mol. The number of hydrogen-bond acceptors (Lipinski definition) is 1. The van der Waals surface area contributed by atoms with E-state index in [4.69, 9.17) is 0 Å². The molecule has 1 aromatic rings. The SMILES string of the molecule is CCCCC1CCC(C(=O)Cc2ccc(F)cc2F)CC1. The van der Waals surface area contributed by atoms with Crippen molar-refractivity contribution >= 4 is 5.78 Å². The molecule has 0 amide bonds. The number of rotatable bonds is 6. The van der Waals surface area contributed by atoms with Gasteiger partial charge in [-0.05, 0) is 43.2 Å². The molecule has 1 aromatic carbocycles. The third kappa shape index (κ3) is 4.62. The van der Waals surface area contributed by atoms with Gasteiger partial charge in [-0.2, -0.15) is 0 Å². The van der Waals surface area contributed by atoms with Crippen LogP contribution in [0, 0.1) is 23.5 Å². The van der Waals surface area contributed by atoms with Crippen molar-refractivity contribution in [1.82, 2.24) is 0 Å². The van der Waals surface area contributed by atoms with E-state index in [2.05, 4.69) is 6.92 Å². The van der Waals surface area contributed by atoms with Gasteiger partial charge in [-0.3, -0.25) is 4.79 Å². The van der Waals surface area contributed by atoms with Crippen LogP contribution in [-0.4, -0.2) is 5.78 Å². The maximum Gasteiger partial charge on any atom is 0.140 e. The summed E-state index contributed by atoms with van der Waals surface area (Å²) in [5.74, 6) is -0.279. The van der Waals surface area contributed by atoms with Crippen LogP contribution in [0.2, 0.25) is 0 Å². The average molecular weight is 294 g/mol. The molecule has 21 heavy (non-hydrogen) atoms. The van der Waals surface area contributed by atoms with Gasteiger partial charge in [0.25, 0.3) is 0 Å². The summed E-state index contributed by atoms with van der Waals surface area (Å²) in [6.07, 6.45) is 7.93. The highest BCUT2D eigenvalue weighted by Gasteiger charge is 2.26. The first kappa shape index (κ1) is 16.1. The number of Topliss-reactive ketones (excluding diaryl/α,β-unsaturated/α-hetero) is 1. The lowest BCUT2D eigenvalue weighted by molar-refractivity contribution is -0.123. The second kappa shape index (κ2) is 7.67. The van der Waals surface area contributed by atoms with Crippen molar-refractivity contribution in [2.45, 2.75) is 58.3 Å². The fraction of sp³-hybridized carbons (Fsp3) is 0.611. The highest BCUT2D eigenvalue weighted by atomic mass is 19.1.